The van der Waals surface area contributed by atoms with Crippen LogP contribution in [0.15, 0.2) is 17.5 Å². The molecular weight excluding hydrogens is 202 g/mol. The summed E-state index contributed by atoms with van der Waals surface area (Å²) in [6.45, 7) is 0. The van der Waals surface area contributed by atoms with Crippen LogP contribution in [-0.2, 0) is 9.59 Å². The van der Waals surface area contributed by atoms with Crippen LogP contribution in [0.25, 0.3) is 0 Å². The van der Waals surface area contributed by atoms with Gasteiger partial charge in [0.1, 0.15) is 0 Å². The fourth-order valence-corrected chi connectivity index (χ4v) is 1.58. The molecule has 0 bridgehead atoms. The van der Waals surface area contributed by atoms with Crippen molar-refractivity contribution < 1.29 is 14.7 Å². The van der Waals surface area contributed by atoms with Gasteiger partial charge in [-0.2, -0.15) is 0 Å². The Morgan fingerprint density at radius 3 is 2.79 bits per heavy atom. The molecule has 5 heteroatoms. The van der Waals surface area contributed by atoms with Gasteiger partial charge in [0.25, 0.3) is 0 Å². The molecule has 0 aliphatic carbocycles. The minimum atomic E-state index is -0.867. The summed E-state index contributed by atoms with van der Waals surface area (Å²) < 4.78 is 0. The molecule has 0 aromatic carbocycles. The first-order valence-corrected chi connectivity index (χ1v) is 5.11. The van der Waals surface area contributed by atoms with Gasteiger partial charge in [0.05, 0.1) is 5.00 Å². The van der Waals surface area contributed by atoms with Crippen LogP contribution in [0.1, 0.15) is 19.3 Å². The number of carboxylic acids is 1. The summed E-state index contributed by atoms with van der Waals surface area (Å²) in [5.41, 5.74) is 0. The molecule has 76 valence electrons. The van der Waals surface area contributed by atoms with Crippen LogP contribution in [0.5, 0.6) is 0 Å². The Hall–Kier alpha value is -1.36. The normalized spacial score (nSPS) is 9.71. The molecule has 0 aliphatic heterocycles. The van der Waals surface area contributed by atoms with E-state index in [1.54, 1.807) is 6.07 Å². The van der Waals surface area contributed by atoms with Crippen molar-refractivity contribution in [1.82, 2.24) is 0 Å². The maximum absolute atomic E-state index is 11.2. The number of nitrogens with one attached hydrogen (secondary N) is 1. The summed E-state index contributed by atoms with van der Waals surface area (Å²) in [4.78, 5) is 21.4. The molecule has 0 spiro atoms. The zero-order valence-corrected chi connectivity index (χ0v) is 8.34. The van der Waals surface area contributed by atoms with Gasteiger partial charge in [-0.15, -0.1) is 11.3 Å². The molecule has 0 saturated carbocycles. The summed E-state index contributed by atoms with van der Waals surface area (Å²) in [7, 11) is 0. The van der Waals surface area contributed by atoms with E-state index in [0.29, 0.717) is 6.42 Å². The molecule has 4 nitrogen and oxygen atoms in total. The number of hydrogen-bond acceptors (Lipinski definition) is 3. The van der Waals surface area contributed by atoms with E-state index in [9.17, 15) is 9.59 Å². The van der Waals surface area contributed by atoms with E-state index in [2.05, 4.69) is 5.32 Å². The van der Waals surface area contributed by atoms with Gasteiger partial charge in [-0.3, -0.25) is 9.59 Å². The lowest BCUT2D eigenvalue weighted by molar-refractivity contribution is -0.137. The molecule has 1 aromatic heterocycles. The van der Waals surface area contributed by atoms with Gasteiger partial charge in [0, 0.05) is 12.8 Å². The molecule has 0 saturated heterocycles. The van der Waals surface area contributed by atoms with Gasteiger partial charge >= 0.3 is 5.97 Å². The Bertz CT molecular complexity index is 308. The Morgan fingerprint density at radius 2 is 2.21 bits per heavy atom. The second-order valence-electron chi connectivity index (χ2n) is 2.77. The van der Waals surface area contributed by atoms with Crippen molar-refractivity contribution in [3.63, 3.8) is 0 Å². The largest absolute Gasteiger partial charge is 0.481 e. The topological polar surface area (TPSA) is 66.4 Å². The van der Waals surface area contributed by atoms with Crippen molar-refractivity contribution in [2.75, 3.05) is 5.32 Å². The first kappa shape index (κ1) is 10.7. The highest BCUT2D eigenvalue weighted by atomic mass is 32.1. The molecule has 0 atom stereocenters. The SMILES string of the molecule is O=C(O)CCCC(=O)Nc1cccs1. The van der Waals surface area contributed by atoms with Gasteiger partial charge in [-0.25, -0.2) is 0 Å². The third-order valence-corrected chi connectivity index (χ3v) is 2.36. The number of aliphatic carboxylic acids is 1. The molecule has 1 aromatic rings. The number of hydrogen-bond donors (Lipinski definition) is 2. The summed E-state index contributed by atoms with van der Waals surface area (Å²) in [6, 6.07) is 3.65. The predicted molar refractivity (Wildman–Crippen MR) is 54.4 cm³/mol. The van der Waals surface area contributed by atoms with E-state index >= 15 is 0 Å². The number of carbonyl (C=O) groups excluding carboxylic acids is 1. The van der Waals surface area contributed by atoms with Crippen LogP contribution in [0, 0.1) is 0 Å². The van der Waals surface area contributed by atoms with Gasteiger partial charge in [0.2, 0.25) is 5.91 Å². The zero-order chi connectivity index (χ0) is 10.4. The number of anilines is 1. The van der Waals surface area contributed by atoms with Gasteiger partial charge in [-0.1, -0.05) is 0 Å². The third-order valence-electron chi connectivity index (χ3n) is 1.58. The molecule has 0 aliphatic rings. The minimum Gasteiger partial charge on any atom is -0.481 e. The van der Waals surface area contributed by atoms with Gasteiger partial charge in [0.15, 0.2) is 0 Å². The second kappa shape index (κ2) is 5.39. The highest BCUT2D eigenvalue weighted by Gasteiger charge is 2.04. The van der Waals surface area contributed by atoms with E-state index in [-0.39, 0.29) is 18.7 Å². The van der Waals surface area contributed by atoms with Gasteiger partial charge in [-0.05, 0) is 23.9 Å². The first-order valence-electron chi connectivity index (χ1n) is 4.23. The smallest absolute Gasteiger partial charge is 0.303 e. The third kappa shape index (κ3) is 4.04. The van der Waals surface area contributed by atoms with Crippen LogP contribution < -0.4 is 5.32 Å². The average Bonchev–Trinajstić information content (AvgIpc) is 2.56. The second-order valence-corrected chi connectivity index (χ2v) is 3.72. The lowest BCUT2D eigenvalue weighted by Crippen LogP contribution is -2.10. The van der Waals surface area contributed by atoms with E-state index in [1.165, 1.54) is 11.3 Å². The van der Waals surface area contributed by atoms with Crippen molar-refractivity contribution in [2.45, 2.75) is 19.3 Å². The van der Waals surface area contributed by atoms with Crippen LogP contribution in [0.4, 0.5) is 5.00 Å². The van der Waals surface area contributed by atoms with Crippen LogP contribution in [0.2, 0.25) is 0 Å². The van der Waals surface area contributed by atoms with E-state index < -0.39 is 5.97 Å². The van der Waals surface area contributed by atoms with E-state index in [0.717, 1.165) is 5.00 Å². The molecule has 1 heterocycles. The summed E-state index contributed by atoms with van der Waals surface area (Å²) in [5.74, 6) is -0.998. The maximum Gasteiger partial charge on any atom is 0.303 e. The lowest BCUT2D eigenvalue weighted by Gasteiger charge is -2.00. The fraction of sp³-hybridized carbons (Fsp3) is 0.333. The average molecular weight is 213 g/mol. The Balaban J connectivity index is 2.20. The molecule has 1 rings (SSSR count). The molecule has 1 amide bonds. The number of carboxylic acid groups (broad SMARTS) is 1. The molecule has 0 radical (unpaired) electrons. The van der Waals surface area contributed by atoms with Crippen molar-refractivity contribution >= 4 is 28.2 Å². The van der Waals surface area contributed by atoms with Gasteiger partial charge < -0.3 is 10.4 Å². The summed E-state index contributed by atoms with van der Waals surface area (Å²) in [5, 5.41) is 13.7. The Morgan fingerprint density at radius 1 is 1.43 bits per heavy atom. The highest BCUT2D eigenvalue weighted by Crippen LogP contribution is 2.15. The summed E-state index contributed by atoms with van der Waals surface area (Å²) >= 11 is 1.44. The number of amides is 1. The van der Waals surface area contributed by atoms with Crippen LogP contribution >= 0.6 is 11.3 Å². The van der Waals surface area contributed by atoms with E-state index in [1.807, 2.05) is 11.4 Å². The molecule has 0 unspecified atom stereocenters. The van der Waals surface area contributed by atoms with Crippen LogP contribution in [-0.4, -0.2) is 17.0 Å². The van der Waals surface area contributed by atoms with Crippen molar-refractivity contribution in [3.05, 3.63) is 17.5 Å². The highest BCUT2D eigenvalue weighted by molar-refractivity contribution is 7.14. The standard InChI is InChI=1S/C9H11NO3S/c11-7(3-1-5-9(12)13)10-8-4-2-6-14-8/h2,4,6H,1,3,5H2,(H,10,11)(H,12,13). The molecule has 2 N–H and O–H groups in total. The number of carbonyl (C=O) groups is 2. The Labute approximate surface area is 85.6 Å². The number of rotatable bonds is 5. The van der Waals surface area contributed by atoms with Crippen molar-refractivity contribution in [1.29, 1.82) is 0 Å². The fourth-order valence-electron chi connectivity index (χ4n) is 0.950. The summed E-state index contributed by atoms with van der Waals surface area (Å²) in [6.07, 6.45) is 0.675. The van der Waals surface area contributed by atoms with E-state index in [4.69, 9.17) is 5.11 Å². The molecular formula is C9H11NO3S. The first-order chi connectivity index (χ1) is 6.68. The zero-order valence-electron chi connectivity index (χ0n) is 7.53. The lowest BCUT2D eigenvalue weighted by atomic mass is 10.2. The minimum absolute atomic E-state index is 0.0395. The Kier molecular flexibility index (Phi) is 4.12. The van der Waals surface area contributed by atoms with Crippen molar-refractivity contribution in [2.24, 2.45) is 0 Å². The monoisotopic (exact) mass is 213 g/mol. The molecule has 0 fully saturated rings. The predicted octanol–water partition coefficient (Wildman–Crippen LogP) is 1.94. The molecule has 14 heavy (non-hydrogen) atoms. The van der Waals surface area contributed by atoms with Crippen molar-refractivity contribution in [3.8, 4) is 0 Å². The number of thiophene rings is 1. The van der Waals surface area contributed by atoms with Crippen LogP contribution in [0.3, 0.4) is 0 Å². The maximum atomic E-state index is 11.2. The quantitative estimate of drug-likeness (QED) is 0.785.